The maximum atomic E-state index is 12.3. The zero-order valence-electron chi connectivity index (χ0n) is 12.5. The van der Waals surface area contributed by atoms with Crippen LogP contribution in [0.4, 0.5) is 0 Å². The number of carbonyl (C=O) groups excluding carboxylic acids is 1. The Morgan fingerprint density at radius 2 is 2.10 bits per heavy atom. The summed E-state index contributed by atoms with van der Waals surface area (Å²) in [6.45, 7) is 4.41. The molecular formula is C14H20N4O3. The summed E-state index contributed by atoms with van der Waals surface area (Å²) in [5.41, 5.74) is 8.03. The van der Waals surface area contributed by atoms with E-state index in [2.05, 4.69) is 15.3 Å². The predicted octanol–water partition coefficient (Wildman–Crippen LogP) is 2.37. The Morgan fingerprint density at radius 1 is 1.43 bits per heavy atom. The lowest BCUT2D eigenvalue weighted by atomic mass is 9.92. The van der Waals surface area contributed by atoms with Crippen molar-refractivity contribution in [2.75, 3.05) is 26.8 Å². The second-order valence-electron chi connectivity index (χ2n) is 4.46. The molecule has 1 rings (SSSR count). The van der Waals surface area contributed by atoms with Gasteiger partial charge in [-0.05, 0) is 37.1 Å². The Morgan fingerprint density at radius 3 is 2.62 bits per heavy atom. The molecule has 7 heteroatoms. The molecule has 0 saturated carbocycles. The number of benzene rings is 1. The molecule has 0 amide bonds. The van der Waals surface area contributed by atoms with Crippen molar-refractivity contribution in [3.63, 3.8) is 0 Å². The average Bonchev–Trinajstić information content (AvgIpc) is 2.51. The van der Waals surface area contributed by atoms with E-state index in [1.807, 2.05) is 0 Å². The summed E-state index contributed by atoms with van der Waals surface area (Å²) < 4.78 is 10.3. The minimum absolute atomic E-state index is 0.252. The zero-order valence-corrected chi connectivity index (χ0v) is 12.5. The van der Waals surface area contributed by atoms with E-state index in [-0.39, 0.29) is 12.5 Å². The summed E-state index contributed by atoms with van der Waals surface area (Å²) in [6.07, 6.45) is 0. The number of nitrogens with zero attached hydrogens (tertiary/aromatic N) is 3. The lowest BCUT2D eigenvalue weighted by molar-refractivity contribution is -0.151. The number of carbonyl (C=O) groups is 1. The summed E-state index contributed by atoms with van der Waals surface area (Å²) in [6, 6.07) is 7.16. The molecule has 0 radical (unpaired) electrons. The first-order chi connectivity index (χ1) is 10.1. The molecule has 0 bridgehead atoms. The number of ether oxygens (including phenoxy) is 2. The first-order valence-corrected chi connectivity index (χ1v) is 6.66. The topological polar surface area (TPSA) is 96.3 Å². The fourth-order valence-corrected chi connectivity index (χ4v) is 1.89. The van der Waals surface area contributed by atoms with Gasteiger partial charge in [0.1, 0.15) is 11.3 Å². The highest BCUT2D eigenvalue weighted by Crippen LogP contribution is 2.24. The third-order valence-electron chi connectivity index (χ3n) is 3.10. The van der Waals surface area contributed by atoms with E-state index in [9.17, 15) is 4.79 Å². The molecule has 1 aromatic rings. The van der Waals surface area contributed by atoms with E-state index in [0.717, 1.165) is 5.56 Å². The Bertz CT molecular complexity index is 511. The van der Waals surface area contributed by atoms with Crippen LogP contribution in [0.25, 0.3) is 10.4 Å². The minimum atomic E-state index is -1.01. The van der Waals surface area contributed by atoms with Gasteiger partial charge in [-0.25, -0.2) is 4.79 Å². The molecule has 114 valence electrons. The molecule has 1 aromatic carbocycles. The molecular weight excluding hydrogens is 272 g/mol. The predicted molar refractivity (Wildman–Crippen MR) is 79.0 cm³/mol. The monoisotopic (exact) mass is 292 g/mol. The first-order valence-electron chi connectivity index (χ1n) is 6.66. The van der Waals surface area contributed by atoms with Gasteiger partial charge in [0.2, 0.25) is 0 Å². The maximum absolute atomic E-state index is 12.3. The van der Waals surface area contributed by atoms with Crippen LogP contribution in [0.1, 0.15) is 19.4 Å². The molecule has 0 saturated heterocycles. The standard InChI is InChI=1S/C14H20N4O3/c1-4-21-13(19)14(2,16-9-10-17-18-15)11-5-7-12(20-3)8-6-11/h5-8,16H,4,9-10H2,1-3H3. The van der Waals surface area contributed by atoms with E-state index < -0.39 is 5.54 Å². The molecule has 0 fully saturated rings. The normalized spacial score (nSPS) is 12.9. The van der Waals surface area contributed by atoms with Crippen molar-refractivity contribution >= 4 is 5.97 Å². The van der Waals surface area contributed by atoms with Crippen molar-refractivity contribution in [3.05, 3.63) is 40.3 Å². The van der Waals surface area contributed by atoms with E-state index in [4.69, 9.17) is 15.0 Å². The lowest BCUT2D eigenvalue weighted by Crippen LogP contribution is -2.48. The van der Waals surface area contributed by atoms with Gasteiger partial charge in [-0.2, -0.15) is 0 Å². The van der Waals surface area contributed by atoms with Crippen LogP contribution in [0, 0.1) is 0 Å². The smallest absolute Gasteiger partial charge is 0.330 e. The summed E-state index contributed by atoms with van der Waals surface area (Å²) in [5.74, 6) is 0.329. The molecule has 0 aromatic heterocycles. The SMILES string of the molecule is CCOC(=O)C(C)(NCCN=[N+]=[N-])c1ccc(OC)cc1. The quantitative estimate of drug-likeness (QED) is 0.261. The van der Waals surface area contributed by atoms with Gasteiger partial charge < -0.3 is 9.47 Å². The summed E-state index contributed by atoms with van der Waals surface area (Å²) >= 11 is 0. The number of nitrogens with one attached hydrogen (secondary N) is 1. The molecule has 1 unspecified atom stereocenters. The number of esters is 1. The number of hydrogen-bond donors (Lipinski definition) is 1. The molecule has 0 aliphatic carbocycles. The Hall–Kier alpha value is -2.24. The van der Waals surface area contributed by atoms with E-state index >= 15 is 0 Å². The Kier molecular flexibility index (Phi) is 6.52. The molecule has 0 aliphatic rings. The van der Waals surface area contributed by atoms with E-state index in [0.29, 0.717) is 18.9 Å². The third-order valence-corrected chi connectivity index (χ3v) is 3.10. The maximum Gasteiger partial charge on any atom is 0.330 e. The van der Waals surface area contributed by atoms with Crippen molar-refractivity contribution in [3.8, 4) is 5.75 Å². The molecule has 0 heterocycles. The highest BCUT2D eigenvalue weighted by Gasteiger charge is 2.36. The van der Waals surface area contributed by atoms with Gasteiger partial charge in [-0.1, -0.05) is 17.2 Å². The second-order valence-corrected chi connectivity index (χ2v) is 4.46. The van der Waals surface area contributed by atoms with Crippen molar-refractivity contribution in [1.29, 1.82) is 0 Å². The van der Waals surface area contributed by atoms with Crippen molar-refractivity contribution < 1.29 is 14.3 Å². The van der Waals surface area contributed by atoms with Crippen molar-refractivity contribution in [1.82, 2.24) is 5.32 Å². The minimum Gasteiger partial charge on any atom is -0.497 e. The number of methoxy groups -OCH3 is 1. The second kappa shape index (κ2) is 8.14. The lowest BCUT2D eigenvalue weighted by Gasteiger charge is -2.29. The van der Waals surface area contributed by atoms with Crippen LogP contribution in [-0.2, 0) is 15.1 Å². The highest BCUT2D eigenvalue weighted by molar-refractivity contribution is 5.82. The largest absolute Gasteiger partial charge is 0.497 e. The summed E-state index contributed by atoms with van der Waals surface area (Å²) in [4.78, 5) is 14.9. The molecule has 7 nitrogen and oxygen atoms in total. The summed E-state index contributed by atoms with van der Waals surface area (Å²) in [7, 11) is 1.58. The van der Waals surface area contributed by atoms with Crippen LogP contribution in [0.3, 0.4) is 0 Å². The first kappa shape index (κ1) is 16.8. The van der Waals surface area contributed by atoms with Gasteiger partial charge in [-0.3, -0.25) is 5.32 Å². The van der Waals surface area contributed by atoms with Gasteiger partial charge >= 0.3 is 5.97 Å². The Labute approximate surface area is 123 Å². The van der Waals surface area contributed by atoms with Gasteiger partial charge in [-0.15, -0.1) is 0 Å². The molecule has 21 heavy (non-hydrogen) atoms. The fourth-order valence-electron chi connectivity index (χ4n) is 1.89. The molecule has 1 N–H and O–H groups in total. The highest BCUT2D eigenvalue weighted by atomic mass is 16.5. The average molecular weight is 292 g/mol. The van der Waals surface area contributed by atoms with Crippen LogP contribution < -0.4 is 10.1 Å². The van der Waals surface area contributed by atoms with Crippen LogP contribution in [0.15, 0.2) is 29.4 Å². The van der Waals surface area contributed by atoms with E-state index in [1.165, 1.54) is 0 Å². The van der Waals surface area contributed by atoms with Crippen molar-refractivity contribution in [2.45, 2.75) is 19.4 Å². The molecule has 1 atom stereocenters. The molecule has 0 aliphatic heterocycles. The number of hydrogen-bond acceptors (Lipinski definition) is 5. The van der Waals surface area contributed by atoms with Gasteiger partial charge in [0.15, 0.2) is 0 Å². The number of rotatable bonds is 8. The number of azide groups is 1. The summed E-state index contributed by atoms with van der Waals surface area (Å²) in [5, 5.41) is 6.54. The zero-order chi connectivity index (χ0) is 15.7. The third kappa shape index (κ3) is 4.37. The van der Waals surface area contributed by atoms with Gasteiger partial charge in [0, 0.05) is 18.0 Å². The van der Waals surface area contributed by atoms with Crippen LogP contribution in [0.5, 0.6) is 5.75 Å². The Balaban J connectivity index is 2.98. The van der Waals surface area contributed by atoms with Crippen molar-refractivity contribution in [2.24, 2.45) is 5.11 Å². The van der Waals surface area contributed by atoms with Gasteiger partial charge in [0.25, 0.3) is 0 Å². The van der Waals surface area contributed by atoms with Crippen LogP contribution >= 0.6 is 0 Å². The van der Waals surface area contributed by atoms with Crippen LogP contribution in [-0.4, -0.2) is 32.8 Å². The molecule has 0 spiro atoms. The van der Waals surface area contributed by atoms with E-state index in [1.54, 1.807) is 45.2 Å². The fraction of sp³-hybridized carbons (Fsp3) is 0.500. The van der Waals surface area contributed by atoms with Gasteiger partial charge in [0.05, 0.1) is 13.7 Å². The van der Waals surface area contributed by atoms with Crippen LogP contribution in [0.2, 0.25) is 0 Å².